The molecule has 0 aromatic rings. The molecule has 4 atom stereocenters. The summed E-state index contributed by atoms with van der Waals surface area (Å²) < 4.78 is 0. The highest BCUT2D eigenvalue weighted by atomic mass is 14.9. The molecule has 0 amide bonds. The molecule has 24 heavy (non-hydrogen) atoms. The van der Waals surface area contributed by atoms with Crippen molar-refractivity contribution in [2.75, 3.05) is 6.54 Å². The van der Waals surface area contributed by atoms with Gasteiger partial charge in [0.05, 0.1) is 0 Å². The molecule has 0 aromatic heterocycles. The molecule has 140 valence electrons. The van der Waals surface area contributed by atoms with Crippen LogP contribution >= 0.6 is 0 Å². The monoisotopic (exact) mass is 333 g/mol. The van der Waals surface area contributed by atoms with Crippen LogP contribution in [0.4, 0.5) is 0 Å². The van der Waals surface area contributed by atoms with Crippen molar-refractivity contribution in [1.29, 1.82) is 0 Å². The first kappa shape index (κ1) is 18.7. The first-order valence-corrected chi connectivity index (χ1v) is 11.5. The maximum absolute atomic E-state index is 3.84. The SMILES string of the molecule is CC(CC1CCCCC1)NCCCC1CCC2CCCCCC2C1. The van der Waals surface area contributed by atoms with E-state index in [9.17, 15) is 0 Å². The van der Waals surface area contributed by atoms with E-state index in [0.29, 0.717) is 0 Å². The average molecular weight is 334 g/mol. The van der Waals surface area contributed by atoms with Crippen molar-refractivity contribution in [2.45, 2.75) is 116 Å². The minimum absolute atomic E-state index is 0.741. The average Bonchev–Trinajstić information content (AvgIpc) is 2.84. The molecule has 1 heteroatoms. The lowest BCUT2D eigenvalue weighted by Crippen LogP contribution is -2.30. The van der Waals surface area contributed by atoms with E-state index in [-0.39, 0.29) is 0 Å². The molecule has 3 saturated carbocycles. The van der Waals surface area contributed by atoms with E-state index >= 15 is 0 Å². The summed E-state index contributed by atoms with van der Waals surface area (Å²) >= 11 is 0. The molecule has 0 spiro atoms. The highest BCUT2D eigenvalue weighted by molar-refractivity contribution is 4.82. The van der Waals surface area contributed by atoms with E-state index in [0.717, 1.165) is 29.7 Å². The van der Waals surface area contributed by atoms with Gasteiger partial charge in [-0.1, -0.05) is 70.6 Å². The Morgan fingerprint density at radius 3 is 2.25 bits per heavy atom. The topological polar surface area (TPSA) is 12.0 Å². The zero-order valence-corrected chi connectivity index (χ0v) is 16.4. The van der Waals surface area contributed by atoms with E-state index in [1.165, 1.54) is 77.2 Å². The summed E-state index contributed by atoms with van der Waals surface area (Å²) in [5.74, 6) is 4.29. The Bertz CT molecular complexity index is 333. The summed E-state index contributed by atoms with van der Waals surface area (Å²) in [7, 11) is 0. The van der Waals surface area contributed by atoms with Crippen LogP contribution in [0.1, 0.15) is 110 Å². The van der Waals surface area contributed by atoms with E-state index in [1.807, 2.05) is 0 Å². The molecule has 1 nitrogen and oxygen atoms in total. The van der Waals surface area contributed by atoms with Crippen LogP contribution in [0.2, 0.25) is 0 Å². The lowest BCUT2D eigenvalue weighted by atomic mass is 9.71. The van der Waals surface area contributed by atoms with E-state index < -0.39 is 0 Å². The molecule has 0 radical (unpaired) electrons. The molecule has 4 unspecified atom stereocenters. The van der Waals surface area contributed by atoms with Crippen LogP contribution in [0, 0.1) is 23.7 Å². The van der Waals surface area contributed by atoms with Crippen LogP contribution in [0.25, 0.3) is 0 Å². The minimum Gasteiger partial charge on any atom is -0.314 e. The lowest BCUT2D eigenvalue weighted by Gasteiger charge is -2.35. The summed E-state index contributed by atoms with van der Waals surface area (Å²) in [6.07, 6.45) is 24.1. The molecule has 3 aliphatic rings. The maximum atomic E-state index is 3.84. The van der Waals surface area contributed by atoms with Gasteiger partial charge in [0.15, 0.2) is 0 Å². The van der Waals surface area contributed by atoms with E-state index in [1.54, 1.807) is 32.1 Å². The van der Waals surface area contributed by atoms with Crippen molar-refractivity contribution in [3.8, 4) is 0 Å². The molecule has 0 aliphatic heterocycles. The third-order valence-electron chi connectivity index (χ3n) is 7.59. The molecule has 1 N–H and O–H groups in total. The van der Waals surface area contributed by atoms with Gasteiger partial charge in [0.2, 0.25) is 0 Å². The summed E-state index contributed by atoms with van der Waals surface area (Å²) in [6, 6.07) is 0.741. The van der Waals surface area contributed by atoms with E-state index in [2.05, 4.69) is 12.2 Å². The standard InChI is InChI=1S/C23H43N/c1-19(17-20-9-4-2-5-10-20)24-16-8-11-21-14-15-22-12-6-3-7-13-23(22)18-21/h19-24H,2-18H2,1H3. The highest BCUT2D eigenvalue weighted by Crippen LogP contribution is 2.42. The molecule has 3 rings (SSSR count). The Balaban J connectivity index is 1.26. The van der Waals surface area contributed by atoms with Crippen LogP contribution in [-0.2, 0) is 0 Å². The number of hydrogen-bond donors (Lipinski definition) is 1. The zero-order chi connectivity index (χ0) is 16.6. The Morgan fingerprint density at radius 1 is 0.750 bits per heavy atom. The second-order valence-electron chi connectivity index (χ2n) is 9.57. The van der Waals surface area contributed by atoms with Gasteiger partial charge in [0, 0.05) is 6.04 Å². The fourth-order valence-corrected chi connectivity index (χ4v) is 6.15. The van der Waals surface area contributed by atoms with Crippen molar-refractivity contribution in [3.63, 3.8) is 0 Å². The van der Waals surface area contributed by atoms with Crippen LogP contribution in [0.5, 0.6) is 0 Å². The molecular weight excluding hydrogens is 290 g/mol. The second-order valence-corrected chi connectivity index (χ2v) is 9.57. The van der Waals surface area contributed by atoms with Gasteiger partial charge in [-0.05, 0) is 69.2 Å². The van der Waals surface area contributed by atoms with Crippen molar-refractivity contribution in [3.05, 3.63) is 0 Å². The molecule has 3 aliphatic carbocycles. The first-order valence-electron chi connectivity index (χ1n) is 11.5. The Kier molecular flexibility index (Phi) is 7.96. The van der Waals surface area contributed by atoms with Crippen LogP contribution in [-0.4, -0.2) is 12.6 Å². The third kappa shape index (κ3) is 6.04. The summed E-state index contributed by atoms with van der Waals surface area (Å²) in [5, 5.41) is 3.84. The molecule has 0 saturated heterocycles. The number of rotatable bonds is 7. The van der Waals surface area contributed by atoms with E-state index in [4.69, 9.17) is 0 Å². The third-order valence-corrected chi connectivity index (χ3v) is 7.59. The maximum Gasteiger partial charge on any atom is 0.00413 e. The predicted molar refractivity (Wildman–Crippen MR) is 105 cm³/mol. The van der Waals surface area contributed by atoms with Gasteiger partial charge >= 0.3 is 0 Å². The molecule has 0 bridgehead atoms. The summed E-state index contributed by atoms with van der Waals surface area (Å²) in [5.41, 5.74) is 0. The zero-order valence-electron chi connectivity index (χ0n) is 16.4. The van der Waals surface area contributed by atoms with Gasteiger partial charge in [-0.3, -0.25) is 0 Å². The number of fused-ring (bicyclic) bond motifs is 1. The second kappa shape index (κ2) is 10.2. The lowest BCUT2D eigenvalue weighted by molar-refractivity contribution is 0.161. The van der Waals surface area contributed by atoms with Crippen LogP contribution < -0.4 is 5.32 Å². The van der Waals surface area contributed by atoms with Gasteiger partial charge in [0.25, 0.3) is 0 Å². The quantitative estimate of drug-likeness (QED) is 0.510. The number of hydrogen-bond acceptors (Lipinski definition) is 1. The predicted octanol–water partition coefficient (Wildman–Crippen LogP) is 6.71. The van der Waals surface area contributed by atoms with Crippen molar-refractivity contribution < 1.29 is 0 Å². The smallest absolute Gasteiger partial charge is 0.00413 e. The normalized spacial score (nSPS) is 33.6. The molecule has 0 heterocycles. The van der Waals surface area contributed by atoms with Crippen LogP contribution in [0.15, 0.2) is 0 Å². The Morgan fingerprint density at radius 2 is 1.46 bits per heavy atom. The van der Waals surface area contributed by atoms with Gasteiger partial charge in [-0.2, -0.15) is 0 Å². The largest absolute Gasteiger partial charge is 0.314 e. The van der Waals surface area contributed by atoms with Crippen molar-refractivity contribution in [1.82, 2.24) is 5.32 Å². The minimum atomic E-state index is 0.741. The molecule has 3 fully saturated rings. The molecule has 0 aromatic carbocycles. The highest BCUT2D eigenvalue weighted by Gasteiger charge is 2.30. The number of nitrogens with one attached hydrogen (secondary N) is 1. The van der Waals surface area contributed by atoms with Crippen molar-refractivity contribution >= 4 is 0 Å². The van der Waals surface area contributed by atoms with Crippen LogP contribution in [0.3, 0.4) is 0 Å². The van der Waals surface area contributed by atoms with Gasteiger partial charge < -0.3 is 5.32 Å². The first-order chi connectivity index (χ1) is 11.8. The fourth-order valence-electron chi connectivity index (χ4n) is 6.15. The van der Waals surface area contributed by atoms with Gasteiger partial charge in [-0.15, -0.1) is 0 Å². The Hall–Kier alpha value is -0.0400. The summed E-state index contributed by atoms with van der Waals surface area (Å²) in [4.78, 5) is 0. The van der Waals surface area contributed by atoms with Crippen molar-refractivity contribution in [2.24, 2.45) is 23.7 Å². The summed E-state index contributed by atoms with van der Waals surface area (Å²) in [6.45, 7) is 3.68. The van der Waals surface area contributed by atoms with Gasteiger partial charge in [-0.25, -0.2) is 0 Å². The molecular formula is C23H43N. The van der Waals surface area contributed by atoms with Gasteiger partial charge in [0.1, 0.15) is 0 Å². The fraction of sp³-hybridized carbons (Fsp3) is 1.00. The Labute approximate surface area is 151 Å².